The fourth-order valence-corrected chi connectivity index (χ4v) is 2.25. The van der Waals surface area contributed by atoms with Crippen LogP contribution >= 0.6 is 27.3 Å². The average Bonchev–Trinajstić information content (AvgIpc) is 2.84. The second-order valence-corrected chi connectivity index (χ2v) is 4.99. The zero-order valence-electron chi connectivity index (χ0n) is 8.58. The predicted molar refractivity (Wildman–Crippen MR) is 68.3 cm³/mol. The van der Waals surface area contributed by atoms with Gasteiger partial charge >= 0.3 is 0 Å². The number of nitriles is 1. The van der Waals surface area contributed by atoms with Gasteiger partial charge in [0.25, 0.3) is 0 Å². The van der Waals surface area contributed by atoms with E-state index in [2.05, 4.69) is 26.2 Å². The van der Waals surface area contributed by atoms with Gasteiger partial charge in [-0.3, -0.25) is 4.98 Å². The lowest BCUT2D eigenvalue weighted by Gasteiger charge is -2.07. The molecule has 17 heavy (non-hydrogen) atoms. The Labute approximate surface area is 110 Å². The largest absolute Gasteiger partial charge is 0.378 e. The van der Waals surface area contributed by atoms with Gasteiger partial charge in [-0.05, 0) is 28.1 Å². The van der Waals surface area contributed by atoms with E-state index < -0.39 is 5.82 Å². The Balaban J connectivity index is 2.17. The van der Waals surface area contributed by atoms with Crippen molar-refractivity contribution in [3.8, 4) is 6.07 Å². The van der Waals surface area contributed by atoms with Gasteiger partial charge in [-0.15, -0.1) is 11.3 Å². The lowest BCUT2D eigenvalue weighted by atomic mass is 10.2. The molecule has 1 aromatic heterocycles. The van der Waals surface area contributed by atoms with Crippen LogP contribution in [0.3, 0.4) is 0 Å². The van der Waals surface area contributed by atoms with Crippen molar-refractivity contribution in [2.75, 3.05) is 5.32 Å². The molecule has 0 aliphatic heterocycles. The molecule has 0 fully saturated rings. The van der Waals surface area contributed by atoms with Crippen LogP contribution in [0.1, 0.15) is 10.4 Å². The number of anilines is 1. The molecule has 2 aromatic rings. The number of nitrogens with zero attached hydrogens (tertiary/aromatic N) is 2. The molecule has 0 saturated heterocycles. The van der Waals surface area contributed by atoms with Crippen LogP contribution in [0.25, 0.3) is 0 Å². The van der Waals surface area contributed by atoms with Crippen LogP contribution in [0, 0.1) is 17.1 Å². The monoisotopic (exact) mass is 311 g/mol. The molecule has 6 heteroatoms. The maximum atomic E-state index is 13.8. The molecular formula is C11H7BrFN3S. The summed E-state index contributed by atoms with van der Waals surface area (Å²) >= 11 is 4.56. The van der Waals surface area contributed by atoms with Gasteiger partial charge in [0.05, 0.1) is 27.8 Å². The lowest BCUT2D eigenvalue weighted by molar-refractivity contribution is 0.623. The first-order valence-corrected chi connectivity index (χ1v) is 6.39. The second kappa shape index (κ2) is 5.25. The van der Waals surface area contributed by atoms with Crippen molar-refractivity contribution >= 4 is 33.0 Å². The molecule has 1 heterocycles. The maximum absolute atomic E-state index is 13.8. The number of thiazole rings is 1. The molecule has 0 unspecified atom stereocenters. The molecule has 2 rings (SSSR count). The summed E-state index contributed by atoms with van der Waals surface area (Å²) in [6.07, 6.45) is 1.73. The first-order valence-electron chi connectivity index (χ1n) is 4.71. The number of nitrogens with one attached hydrogen (secondary N) is 1. The molecule has 0 aliphatic rings. The van der Waals surface area contributed by atoms with Crippen molar-refractivity contribution in [3.63, 3.8) is 0 Å². The van der Waals surface area contributed by atoms with Crippen molar-refractivity contribution in [1.29, 1.82) is 5.26 Å². The van der Waals surface area contributed by atoms with Crippen LogP contribution in [-0.4, -0.2) is 4.98 Å². The Kier molecular flexibility index (Phi) is 3.71. The summed E-state index contributed by atoms with van der Waals surface area (Å²) in [5.41, 5.74) is 2.37. The van der Waals surface area contributed by atoms with E-state index in [0.717, 1.165) is 4.88 Å². The fourth-order valence-electron chi connectivity index (χ4n) is 1.28. The van der Waals surface area contributed by atoms with Crippen LogP contribution in [-0.2, 0) is 6.54 Å². The molecule has 0 saturated carbocycles. The highest BCUT2D eigenvalue weighted by Crippen LogP contribution is 2.27. The zero-order chi connectivity index (χ0) is 12.3. The molecule has 0 bridgehead atoms. The summed E-state index contributed by atoms with van der Waals surface area (Å²) in [4.78, 5) is 4.95. The first kappa shape index (κ1) is 12.0. The van der Waals surface area contributed by atoms with Crippen LogP contribution in [0.2, 0.25) is 0 Å². The zero-order valence-corrected chi connectivity index (χ0v) is 11.0. The standard InChI is InChI=1S/C11H7BrFN3S/c12-10-7(3-14)1-2-9(11(10)13)16-5-8-4-15-6-17-8/h1-2,4,6,16H,5H2. The van der Waals surface area contributed by atoms with Gasteiger partial charge in [0, 0.05) is 11.1 Å². The summed E-state index contributed by atoms with van der Waals surface area (Å²) in [5.74, 6) is -0.450. The van der Waals surface area contributed by atoms with Crippen LogP contribution in [0.5, 0.6) is 0 Å². The Morgan fingerprint density at radius 3 is 3.00 bits per heavy atom. The van der Waals surface area contributed by atoms with Gasteiger partial charge in [-0.25, -0.2) is 4.39 Å². The van der Waals surface area contributed by atoms with E-state index >= 15 is 0 Å². The van der Waals surface area contributed by atoms with E-state index in [9.17, 15) is 4.39 Å². The van der Waals surface area contributed by atoms with Gasteiger partial charge in [0.1, 0.15) is 6.07 Å². The number of hydrogen-bond acceptors (Lipinski definition) is 4. The third-order valence-electron chi connectivity index (χ3n) is 2.14. The van der Waals surface area contributed by atoms with Crippen molar-refractivity contribution in [2.24, 2.45) is 0 Å². The van der Waals surface area contributed by atoms with Gasteiger partial charge in [0.15, 0.2) is 5.82 Å². The van der Waals surface area contributed by atoms with E-state index in [4.69, 9.17) is 5.26 Å². The van der Waals surface area contributed by atoms with E-state index in [1.165, 1.54) is 11.3 Å². The number of halogens is 2. The van der Waals surface area contributed by atoms with E-state index in [0.29, 0.717) is 12.2 Å². The molecule has 0 atom stereocenters. The maximum Gasteiger partial charge on any atom is 0.161 e. The number of rotatable bonds is 3. The predicted octanol–water partition coefficient (Wildman–Crippen LogP) is 3.53. The number of benzene rings is 1. The van der Waals surface area contributed by atoms with Crippen molar-refractivity contribution in [1.82, 2.24) is 4.98 Å². The smallest absolute Gasteiger partial charge is 0.161 e. The minimum atomic E-state index is -0.450. The SMILES string of the molecule is N#Cc1ccc(NCc2cncs2)c(F)c1Br. The van der Waals surface area contributed by atoms with Crippen molar-refractivity contribution < 1.29 is 4.39 Å². The Hall–Kier alpha value is -1.45. The molecule has 1 N–H and O–H groups in total. The summed E-state index contributed by atoms with van der Waals surface area (Å²) in [5, 5.41) is 11.7. The van der Waals surface area contributed by atoms with Crippen LogP contribution < -0.4 is 5.32 Å². The second-order valence-electron chi connectivity index (χ2n) is 3.22. The van der Waals surface area contributed by atoms with Crippen LogP contribution in [0.4, 0.5) is 10.1 Å². The lowest BCUT2D eigenvalue weighted by Crippen LogP contribution is -2.01. The molecule has 0 spiro atoms. The van der Waals surface area contributed by atoms with E-state index in [1.54, 1.807) is 23.8 Å². The quantitative estimate of drug-likeness (QED) is 0.943. The topological polar surface area (TPSA) is 48.7 Å². The summed E-state index contributed by atoms with van der Waals surface area (Å²) in [7, 11) is 0. The molecular weight excluding hydrogens is 305 g/mol. The highest BCUT2D eigenvalue weighted by atomic mass is 79.9. The summed E-state index contributed by atoms with van der Waals surface area (Å²) in [6, 6.07) is 5.04. The third kappa shape index (κ3) is 2.62. The Morgan fingerprint density at radius 1 is 1.53 bits per heavy atom. The van der Waals surface area contributed by atoms with Crippen molar-refractivity contribution in [3.05, 3.63) is 44.6 Å². The van der Waals surface area contributed by atoms with Gasteiger partial charge in [0.2, 0.25) is 0 Å². The minimum absolute atomic E-state index is 0.189. The van der Waals surface area contributed by atoms with E-state index in [1.807, 2.05) is 6.07 Å². The molecule has 3 nitrogen and oxygen atoms in total. The third-order valence-corrected chi connectivity index (χ3v) is 3.69. The molecule has 0 radical (unpaired) electrons. The Morgan fingerprint density at radius 2 is 2.35 bits per heavy atom. The normalized spacial score (nSPS) is 9.94. The van der Waals surface area contributed by atoms with E-state index in [-0.39, 0.29) is 10.0 Å². The summed E-state index contributed by atoms with van der Waals surface area (Å²) < 4.78 is 14.0. The van der Waals surface area contributed by atoms with Gasteiger partial charge in [-0.1, -0.05) is 0 Å². The molecule has 0 aliphatic carbocycles. The minimum Gasteiger partial charge on any atom is -0.378 e. The molecule has 1 aromatic carbocycles. The van der Waals surface area contributed by atoms with Gasteiger partial charge < -0.3 is 5.32 Å². The number of aromatic nitrogens is 1. The fraction of sp³-hybridized carbons (Fsp3) is 0.0909. The average molecular weight is 312 g/mol. The van der Waals surface area contributed by atoms with Crippen molar-refractivity contribution in [2.45, 2.75) is 6.54 Å². The molecule has 0 amide bonds. The van der Waals surface area contributed by atoms with Crippen LogP contribution in [0.15, 0.2) is 28.3 Å². The molecule has 86 valence electrons. The summed E-state index contributed by atoms with van der Waals surface area (Å²) in [6.45, 7) is 0.514. The highest BCUT2D eigenvalue weighted by molar-refractivity contribution is 9.10. The number of hydrogen-bond donors (Lipinski definition) is 1. The first-order chi connectivity index (χ1) is 8.22. The van der Waals surface area contributed by atoms with Gasteiger partial charge in [-0.2, -0.15) is 5.26 Å². The Bertz CT molecular complexity index is 563. The highest BCUT2D eigenvalue weighted by Gasteiger charge is 2.10.